The van der Waals surface area contributed by atoms with Crippen molar-refractivity contribution in [3.63, 3.8) is 0 Å². The summed E-state index contributed by atoms with van der Waals surface area (Å²) in [7, 11) is 0. The van der Waals surface area contributed by atoms with Gasteiger partial charge in [0.25, 0.3) is 6.13 Å². The lowest BCUT2D eigenvalue weighted by Gasteiger charge is -2.08. The molecule has 0 fully saturated rings. The lowest BCUT2D eigenvalue weighted by atomic mass is 9.66. The van der Waals surface area contributed by atoms with E-state index in [4.69, 9.17) is 11.5 Å². The van der Waals surface area contributed by atoms with Crippen molar-refractivity contribution in [2.45, 2.75) is 65.1 Å². The van der Waals surface area contributed by atoms with Gasteiger partial charge in [0.1, 0.15) is 0 Å². The highest BCUT2D eigenvalue weighted by atomic mass is 35.5. The quantitative estimate of drug-likeness (QED) is 0.553. The van der Waals surface area contributed by atoms with Gasteiger partial charge in [0.15, 0.2) is 0 Å². The van der Waals surface area contributed by atoms with Gasteiger partial charge < -0.3 is 0 Å². The number of allylic oxidation sites excluding steroid dienone is 2. The van der Waals surface area contributed by atoms with Crippen LogP contribution in [0.3, 0.4) is 0 Å². The predicted octanol–water partition coefficient (Wildman–Crippen LogP) is 4.84. The standard InChI is InChI=1S/C12H22BCl/c1-3-5-7-11-9-10-13(14)12(11)8-6-4-2/h3-10H2,1-2H3. The average molecular weight is 213 g/mol. The molecule has 0 atom stereocenters. The maximum atomic E-state index is 6.33. The zero-order valence-electron chi connectivity index (χ0n) is 9.61. The Balaban J connectivity index is 2.50. The minimum absolute atomic E-state index is 0.369. The van der Waals surface area contributed by atoms with Gasteiger partial charge in [0.2, 0.25) is 0 Å². The maximum Gasteiger partial charge on any atom is 0.279 e. The number of hydrogen-bond acceptors (Lipinski definition) is 0. The van der Waals surface area contributed by atoms with Crippen molar-refractivity contribution in [1.82, 2.24) is 0 Å². The van der Waals surface area contributed by atoms with E-state index in [-0.39, 0.29) is 0 Å². The van der Waals surface area contributed by atoms with Gasteiger partial charge in [0, 0.05) is 0 Å². The summed E-state index contributed by atoms with van der Waals surface area (Å²) in [5, 5.41) is 0. The highest BCUT2D eigenvalue weighted by molar-refractivity contribution is 7.11. The second-order valence-electron chi connectivity index (χ2n) is 4.34. The Kier molecular flexibility index (Phi) is 5.70. The van der Waals surface area contributed by atoms with Crippen LogP contribution in [0.25, 0.3) is 0 Å². The van der Waals surface area contributed by atoms with E-state index in [1.165, 1.54) is 51.3 Å². The molecule has 0 aromatic carbocycles. The van der Waals surface area contributed by atoms with Crippen molar-refractivity contribution in [3.05, 3.63) is 11.0 Å². The third kappa shape index (κ3) is 3.35. The van der Waals surface area contributed by atoms with E-state index < -0.39 is 0 Å². The molecule has 14 heavy (non-hydrogen) atoms. The van der Waals surface area contributed by atoms with Gasteiger partial charge in [-0.2, -0.15) is 11.5 Å². The Morgan fingerprint density at radius 2 is 1.79 bits per heavy atom. The van der Waals surface area contributed by atoms with Crippen LogP contribution in [0.4, 0.5) is 0 Å². The first-order valence-corrected chi connectivity index (χ1v) is 6.58. The molecule has 0 unspecified atom stereocenters. The summed E-state index contributed by atoms with van der Waals surface area (Å²) in [6.45, 7) is 4.52. The van der Waals surface area contributed by atoms with Crippen LogP contribution in [0.2, 0.25) is 6.32 Å². The molecule has 0 saturated heterocycles. The molecule has 0 saturated carbocycles. The molecule has 80 valence electrons. The zero-order chi connectivity index (χ0) is 10.4. The predicted molar refractivity (Wildman–Crippen MR) is 67.1 cm³/mol. The Labute approximate surface area is 94.1 Å². The van der Waals surface area contributed by atoms with Gasteiger partial charge in [-0.05, 0) is 25.7 Å². The summed E-state index contributed by atoms with van der Waals surface area (Å²) >= 11 is 6.33. The highest BCUT2D eigenvalue weighted by Gasteiger charge is 2.25. The van der Waals surface area contributed by atoms with Gasteiger partial charge in [-0.15, -0.1) is 0 Å². The van der Waals surface area contributed by atoms with E-state index >= 15 is 0 Å². The third-order valence-corrected chi connectivity index (χ3v) is 3.65. The van der Waals surface area contributed by atoms with Crippen LogP contribution in [0.15, 0.2) is 11.0 Å². The SMILES string of the molecule is CCCCC1=C(CCCC)B(Cl)CC1. The van der Waals surface area contributed by atoms with Crippen molar-refractivity contribution in [2.75, 3.05) is 0 Å². The summed E-state index contributed by atoms with van der Waals surface area (Å²) in [5.74, 6) is 0. The van der Waals surface area contributed by atoms with Gasteiger partial charge in [-0.3, -0.25) is 0 Å². The van der Waals surface area contributed by atoms with Crippen molar-refractivity contribution in [1.29, 1.82) is 0 Å². The molecule has 0 N–H and O–H groups in total. The largest absolute Gasteiger partial charge is 0.279 e. The van der Waals surface area contributed by atoms with E-state index in [2.05, 4.69) is 13.8 Å². The van der Waals surface area contributed by atoms with E-state index in [9.17, 15) is 0 Å². The fourth-order valence-electron chi connectivity index (χ4n) is 2.23. The van der Waals surface area contributed by atoms with E-state index in [0.717, 1.165) is 0 Å². The average Bonchev–Trinajstić information content (AvgIpc) is 2.53. The molecule has 0 aromatic rings. The van der Waals surface area contributed by atoms with E-state index in [0.29, 0.717) is 6.13 Å². The number of hydrogen-bond donors (Lipinski definition) is 0. The summed E-state index contributed by atoms with van der Waals surface area (Å²) < 4.78 is 0. The van der Waals surface area contributed by atoms with Crippen LogP contribution in [0.1, 0.15) is 58.8 Å². The molecule has 0 amide bonds. The van der Waals surface area contributed by atoms with Gasteiger partial charge >= 0.3 is 0 Å². The maximum absolute atomic E-state index is 6.33. The smallest absolute Gasteiger partial charge is 0.189 e. The summed E-state index contributed by atoms with van der Waals surface area (Å²) in [5.41, 5.74) is 3.29. The van der Waals surface area contributed by atoms with Crippen molar-refractivity contribution in [2.24, 2.45) is 0 Å². The van der Waals surface area contributed by atoms with Crippen LogP contribution in [0, 0.1) is 0 Å². The topological polar surface area (TPSA) is 0 Å². The molecular formula is C12H22BCl. The number of unbranched alkanes of at least 4 members (excludes halogenated alkanes) is 2. The highest BCUT2D eigenvalue weighted by Crippen LogP contribution is 2.34. The third-order valence-electron chi connectivity index (χ3n) is 3.16. The molecule has 0 radical (unpaired) electrons. The van der Waals surface area contributed by atoms with Gasteiger partial charge in [0.05, 0.1) is 0 Å². The first kappa shape index (κ1) is 12.2. The van der Waals surface area contributed by atoms with E-state index in [1.54, 1.807) is 11.0 Å². The molecule has 1 rings (SSSR count). The first-order valence-electron chi connectivity index (χ1n) is 6.14. The molecule has 1 aliphatic heterocycles. The van der Waals surface area contributed by atoms with Crippen LogP contribution < -0.4 is 0 Å². The molecule has 1 heterocycles. The number of halogens is 1. The van der Waals surface area contributed by atoms with E-state index in [1.807, 2.05) is 0 Å². The van der Waals surface area contributed by atoms with Crippen LogP contribution in [-0.2, 0) is 0 Å². The second-order valence-corrected chi connectivity index (χ2v) is 4.87. The normalized spacial score (nSPS) is 16.9. The van der Waals surface area contributed by atoms with Gasteiger partial charge in [-0.1, -0.05) is 50.5 Å². The molecule has 0 spiro atoms. The second kappa shape index (κ2) is 6.56. The lowest BCUT2D eigenvalue weighted by Crippen LogP contribution is -2.03. The fourth-order valence-corrected chi connectivity index (χ4v) is 2.61. The Morgan fingerprint density at radius 1 is 1.14 bits per heavy atom. The Morgan fingerprint density at radius 3 is 2.43 bits per heavy atom. The molecule has 2 heteroatoms. The minimum Gasteiger partial charge on any atom is -0.189 e. The van der Waals surface area contributed by atoms with Crippen molar-refractivity contribution < 1.29 is 0 Å². The summed E-state index contributed by atoms with van der Waals surface area (Å²) in [6.07, 6.45) is 10.6. The van der Waals surface area contributed by atoms with Crippen LogP contribution in [-0.4, -0.2) is 6.13 Å². The molecule has 0 aromatic heterocycles. The Bertz CT molecular complexity index is 198. The molecule has 0 nitrogen and oxygen atoms in total. The number of rotatable bonds is 6. The summed E-state index contributed by atoms with van der Waals surface area (Å²) in [6, 6.07) is 0. The zero-order valence-corrected chi connectivity index (χ0v) is 10.4. The Hall–Kier alpha value is 0.0949. The monoisotopic (exact) mass is 212 g/mol. The van der Waals surface area contributed by atoms with Crippen LogP contribution in [0.5, 0.6) is 0 Å². The van der Waals surface area contributed by atoms with Crippen molar-refractivity contribution in [3.8, 4) is 0 Å². The molecular weight excluding hydrogens is 190 g/mol. The molecule has 0 aliphatic carbocycles. The first-order chi connectivity index (χ1) is 6.79. The molecule has 0 bridgehead atoms. The van der Waals surface area contributed by atoms with Crippen molar-refractivity contribution >= 4 is 17.6 Å². The minimum atomic E-state index is 0.369. The van der Waals surface area contributed by atoms with Gasteiger partial charge in [-0.25, -0.2) is 0 Å². The fraction of sp³-hybridized carbons (Fsp3) is 0.833. The van der Waals surface area contributed by atoms with Crippen LogP contribution >= 0.6 is 11.5 Å². The molecule has 1 aliphatic rings. The summed E-state index contributed by atoms with van der Waals surface area (Å²) in [4.78, 5) is 0. The lowest BCUT2D eigenvalue weighted by molar-refractivity contribution is 0.751.